The molecule has 8 nitrogen and oxygen atoms in total. The molecule has 3 aromatic heterocycles. The van der Waals surface area contributed by atoms with Crippen LogP contribution in [0.15, 0.2) is 71.8 Å². The summed E-state index contributed by atoms with van der Waals surface area (Å²) in [4.78, 5) is 31.5. The number of carbonyl (C=O) groups is 2. The first-order chi connectivity index (χ1) is 15.1. The average molecular weight is 413 g/mol. The van der Waals surface area contributed by atoms with E-state index in [9.17, 15) is 9.59 Å². The van der Waals surface area contributed by atoms with Crippen molar-refractivity contribution in [2.75, 3.05) is 16.8 Å². The molecule has 4 aromatic rings. The Bertz CT molecular complexity index is 1260. The fraction of sp³-hybridized carbons (Fsp3) is 0.130. The Kier molecular flexibility index (Phi) is 4.59. The molecular weight excluding hydrogens is 394 g/mol. The van der Waals surface area contributed by atoms with Crippen molar-refractivity contribution in [2.24, 2.45) is 0 Å². The first-order valence-corrected chi connectivity index (χ1v) is 9.86. The Balaban J connectivity index is 1.35. The molecule has 154 valence electrons. The molecule has 5 rings (SSSR count). The van der Waals surface area contributed by atoms with Crippen LogP contribution < -0.4 is 10.2 Å². The summed E-state index contributed by atoms with van der Waals surface area (Å²) in [7, 11) is 0. The third-order valence-corrected chi connectivity index (χ3v) is 5.37. The van der Waals surface area contributed by atoms with Crippen LogP contribution in [0, 0.1) is 6.92 Å². The fourth-order valence-electron chi connectivity index (χ4n) is 3.77. The van der Waals surface area contributed by atoms with Crippen LogP contribution in [0.1, 0.15) is 32.0 Å². The van der Waals surface area contributed by atoms with Gasteiger partial charge in [0.2, 0.25) is 0 Å². The lowest BCUT2D eigenvalue weighted by molar-refractivity contribution is 0.0987. The summed E-state index contributed by atoms with van der Waals surface area (Å²) >= 11 is 0. The third-order valence-electron chi connectivity index (χ3n) is 5.37. The topological polar surface area (TPSA) is 93.3 Å². The fourth-order valence-corrected chi connectivity index (χ4v) is 3.77. The van der Waals surface area contributed by atoms with Gasteiger partial charge in [0.05, 0.1) is 29.3 Å². The maximum Gasteiger partial charge on any atom is 0.261 e. The zero-order valence-electron chi connectivity index (χ0n) is 16.8. The van der Waals surface area contributed by atoms with Gasteiger partial charge >= 0.3 is 0 Å². The summed E-state index contributed by atoms with van der Waals surface area (Å²) in [5.41, 5.74) is 4.23. The molecular formula is C23H19N5O3. The highest BCUT2D eigenvalue weighted by molar-refractivity contribution is 6.08. The monoisotopic (exact) mass is 413 g/mol. The number of furan rings is 1. The van der Waals surface area contributed by atoms with Crippen LogP contribution in [-0.2, 0) is 6.42 Å². The molecule has 1 aliphatic rings. The zero-order chi connectivity index (χ0) is 21.4. The molecule has 0 saturated carbocycles. The summed E-state index contributed by atoms with van der Waals surface area (Å²) < 4.78 is 6.66. The summed E-state index contributed by atoms with van der Waals surface area (Å²) in [5, 5.41) is 7.24. The first-order valence-electron chi connectivity index (χ1n) is 9.86. The lowest BCUT2D eigenvalue weighted by Crippen LogP contribution is -2.28. The minimum absolute atomic E-state index is 0.0955. The Morgan fingerprint density at radius 2 is 2.06 bits per heavy atom. The van der Waals surface area contributed by atoms with Gasteiger partial charge in [-0.05, 0) is 55.3 Å². The molecule has 0 radical (unpaired) electrons. The van der Waals surface area contributed by atoms with Gasteiger partial charge in [0.1, 0.15) is 6.26 Å². The van der Waals surface area contributed by atoms with Crippen molar-refractivity contribution in [1.82, 2.24) is 14.8 Å². The van der Waals surface area contributed by atoms with Crippen LogP contribution in [0.4, 0.5) is 11.4 Å². The van der Waals surface area contributed by atoms with Gasteiger partial charge in [-0.25, -0.2) is 9.67 Å². The van der Waals surface area contributed by atoms with E-state index in [-0.39, 0.29) is 11.8 Å². The number of aromatic nitrogens is 3. The van der Waals surface area contributed by atoms with E-state index in [1.165, 1.54) is 18.7 Å². The highest BCUT2D eigenvalue weighted by atomic mass is 16.3. The van der Waals surface area contributed by atoms with Crippen molar-refractivity contribution >= 4 is 23.2 Å². The Morgan fingerprint density at radius 1 is 1.16 bits per heavy atom. The number of amides is 2. The molecule has 8 heteroatoms. The Hall–Kier alpha value is -4.20. The van der Waals surface area contributed by atoms with Gasteiger partial charge in [-0.1, -0.05) is 6.07 Å². The van der Waals surface area contributed by atoms with Crippen molar-refractivity contribution in [1.29, 1.82) is 0 Å². The predicted octanol–water partition coefficient (Wildman–Crippen LogP) is 3.62. The SMILES string of the molecule is Cc1c(C(=O)Nc2ccc3c(c2)CCN3C(=O)c2ccoc2)cnn1-c1ccccn1. The summed E-state index contributed by atoms with van der Waals surface area (Å²) in [6.45, 7) is 2.42. The number of pyridine rings is 1. The van der Waals surface area contributed by atoms with E-state index in [0.717, 1.165) is 17.7 Å². The number of hydrogen-bond donors (Lipinski definition) is 1. The summed E-state index contributed by atoms with van der Waals surface area (Å²) in [5.74, 6) is 0.310. The van der Waals surface area contributed by atoms with Crippen LogP contribution >= 0.6 is 0 Å². The number of anilines is 2. The number of hydrogen-bond acceptors (Lipinski definition) is 5. The molecule has 0 spiro atoms. The summed E-state index contributed by atoms with van der Waals surface area (Å²) in [6.07, 6.45) is 6.88. The standard InChI is InChI=1S/C23H19N5O3/c1-15-19(13-25-28(15)21-4-2-3-9-24-21)22(29)26-18-5-6-20-16(12-18)7-10-27(20)23(30)17-8-11-31-14-17/h2-6,8-9,11-14H,7,10H2,1H3,(H,26,29). The normalized spacial score (nSPS) is 12.6. The van der Waals surface area contributed by atoms with Crippen LogP contribution in [0.2, 0.25) is 0 Å². The predicted molar refractivity (Wildman–Crippen MR) is 115 cm³/mol. The van der Waals surface area contributed by atoms with Crippen molar-refractivity contribution in [2.45, 2.75) is 13.3 Å². The molecule has 1 N–H and O–H groups in total. The van der Waals surface area contributed by atoms with Gasteiger partial charge < -0.3 is 14.6 Å². The second-order valence-corrected chi connectivity index (χ2v) is 7.26. The molecule has 2 amide bonds. The van der Waals surface area contributed by atoms with E-state index in [2.05, 4.69) is 15.4 Å². The average Bonchev–Trinajstić information content (AvgIpc) is 3.53. The van der Waals surface area contributed by atoms with Crippen LogP contribution in [0.3, 0.4) is 0 Å². The van der Waals surface area contributed by atoms with Crippen molar-refractivity contribution in [3.05, 3.63) is 89.8 Å². The van der Waals surface area contributed by atoms with Crippen LogP contribution in [-0.4, -0.2) is 33.1 Å². The quantitative estimate of drug-likeness (QED) is 0.552. The second kappa shape index (κ2) is 7.56. The largest absolute Gasteiger partial charge is 0.472 e. The molecule has 1 aromatic carbocycles. The number of nitrogens with zero attached hydrogens (tertiary/aromatic N) is 4. The zero-order valence-corrected chi connectivity index (χ0v) is 16.8. The van der Waals surface area contributed by atoms with E-state index in [4.69, 9.17) is 4.42 Å². The molecule has 4 heterocycles. The van der Waals surface area contributed by atoms with Gasteiger partial charge in [0.25, 0.3) is 11.8 Å². The molecule has 0 fully saturated rings. The van der Waals surface area contributed by atoms with E-state index in [1.54, 1.807) is 27.9 Å². The van der Waals surface area contributed by atoms with Crippen LogP contribution in [0.25, 0.3) is 5.82 Å². The number of nitrogens with one attached hydrogen (secondary N) is 1. The highest BCUT2D eigenvalue weighted by Crippen LogP contribution is 2.32. The van der Waals surface area contributed by atoms with Crippen molar-refractivity contribution in [3.63, 3.8) is 0 Å². The van der Waals surface area contributed by atoms with Gasteiger partial charge in [-0.2, -0.15) is 5.10 Å². The lowest BCUT2D eigenvalue weighted by atomic mass is 10.1. The minimum atomic E-state index is -0.246. The number of benzene rings is 1. The van der Waals surface area contributed by atoms with E-state index < -0.39 is 0 Å². The van der Waals surface area contributed by atoms with Crippen molar-refractivity contribution in [3.8, 4) is 5.82 Å². The van der Waals surface area contributed by atoms with Gasteiger partial charge in [-0.3, -0.25) is 9.59 Å². The van der Waals surface area contributed by atoms with E-state index in [0.29, 0.717) is 34.9 Å². The number of rotatable bonds is 4. The van der Waals surface area contributed by atoms with Gasteiger partial charge in [0, 0.05) is 24.1 Å². The molecule has 0 atom stereocenters. The molecule has 31 heavy (non-hydrogen) atoms. The molecule has 1 aliphatic heterocycles. The van der Waals surface area contributed by atoms with Crippen LogP contribution in [0.5, 0.6) is 0 Å². The smallest absolute Gasteiger partial charge is 0.261 e. The Labute approximate surface area is 178 Å². The minimum Gasteiger partial charge on any atom is -0.472 e. The van der Waals surface area contributed by atoms with E-state index in [1.807, 2.05) is 37.3 Å². The maximum absolute atomic E-state index is 12.8. The highest BCUT2D eigenvalue weighted by Gasteiger charge is 2.26. The van der Waals surface area contributed by atoms with Crippen molar-refractivity contribution < 1.29 is 14.0 Å². The second-order valence-electron chi connectivity index (χ2n) is 7.26. The maximum atomic E-state index is 12.8. The van der Waals surface area contributed by atoms with Gasteiger partial charge in [-0.15, -0.1) is 0 Å². The molecule has 0 saturated heterocycles. The van der Waals surface area contributed by atoms with Gasteiger partial charge in [0.15, 0.2) is 5.82 Å². The van der Waals surface area contributed by atoms with E-state index >= 15 is 0 Å². The first kappa shape index (κ1) is 18.8. The lowest BCUT2D eigenvalue weighted by Gasteiger charge is -2.16. The third kappa shape index (κ3) is 3.38. The molecule has 0 unspecified atom stereocenters. The summed E-state index contributed by atoms with van der Waals surface area (Å²) in [6, 6.07) is 12.8. The number of fused-ring (bicyclic) bond motifs is 1. The molecule has 0 aliphatic carbocycles. The Morgan fingerprint density at radius 3 is 2.84 bits per heavy atom. The molecule has 0 bridgehead atoms. The number of carbonyl (C=O) groups excluding carboxylic acids is 2.